The molecule has 0 bridgehead atoms. The highest BCUT2D eigenvalue weighted by Crippen LogP contribution is 2.22. The van der Waals surface area contributed by atoms with Crippen LogP contribution in [0, 0.1) is 0 Å². The zero-order chi connectivity index (χ0) is 10.4. The molecule has 1 heterocycles. The molecule has 1 rings (SSSR count). The molecule has 1 aromatic heterocycles. The predicted octanol–water partition coefficient (Wildman–Crippen LogP) is 1.34. The van der Waals surface area contributed by atoms with Gasteiger partial charge in [-0.1, -0.05) is 6.07 Å². The summed E-state index contributed by atoms with van der Waals surface area (Å²) in [5, 5.41) is 13.6. The van der Waals surface area contributed by atoms with Crippen LogP contribution in [0.2, 0.25) is 0 Å². The topological polar surface area (TPSA) is 49.3 Å². The Morgan fingerprint density at radius 2 is 2.57 bits per heavy atom. The Hall–Kier alpha value is -0.520. The number of amides is 1. The fourth-order valence-corrected chi connectivity index (χ4v) is 2.41. The van der Waals surface area contributed by atoms with E-state index >= 15 is 0 Å². The SMILES string of the molecule is CC(O)CNC(=O)CSc1cccs1. The molecule has 14 heavy (non-hydrogen) atoms. The van der Waals surface area contributed by atoms with E-state index in [2.05, 4.69) is 5.32 Å². The highest BCUT2D eigenvalue weighted by Gasteiger charge is 2.04. The lowest BCUT2D eigenvalue weighted by Crippen LogP contribution is -2.31. The summed E-state index contributed by atoms with van der Waals surface area (Å²) in [6.07, 6.45) is -0.481. The lowest BCUT2D eigenvalue weighted by molar-refractivity contribution is -0.118. The van der Waals surface area contributed by atoms with Gasteiger partial charge in [0.1, 0.15) is 0 Å². The van der Waals surface area contributed by atoms with Gasteiger partial charge < -0.3 is 10.4 Å². The second-order valence-corrected chi connectivity index (χ2v) is 5.10. The first-order valence-corrected chi connectivity index (χ1v) is 6.16. The predicted molar refractivity (Wildman–Crippen MR) is 59.7 cm³/mol. The third-order valence-corrected chi connectivity index (χ3v) is 3.57. The Kier molecular flexibility index (Phi) is 5.00. The molecular weight excluding hydrogens is 218 g/mol. The summed E-state index contributed by atoms with van der Waals surface area (Å²) >= 11 is 3.13. The first kappa shape index (κ1) is 11.6. The van der Waals surface area contributed by atoms with Crippen molar-refractivity contribution in [2.75, 3.05) is 12.3 Å². The van der Waals surface area contributed by atoms with E-state index < -0.39 is 6.10 Å². The summed E-state index contributed by atoms with van der Waals surface area (Å²) in [5.74, 6) is 0.372. The summed E-state index contributed by atoms with van der Waals surface area (Å²) in [6, 6.07) is 3.94. The Morgan fingerprint density at radius 1 is 1.79 bits per heavy atom. The molecule has 0 fully saturated rings. The molecule has 0 aliphatic carbocycles. The van der Waals surface area contributed by atoms with Gasteiger partial charge in [0.15, 0.2) is 0 Å². The molecule has 0 radical (unpaired) electrons. The first-order valence-electron chi connectivity index (χ1n) is 4.29. The van der Waals surface area contributed by atoms with Crippen LogP contribution in [-0.4, -0.2) is 29.4 Å². The number of hydrogen-bond acceptors (Lipinski definition) is 4. The van der Waals surface area contributed by atoms with Crippen molar-refractivity contribution in [3.63, 3.8) is 0 Å². The van der Waals surface area contributed by atoms with E-state index in [4.69, 9.17) is 5.11 Å². The largest absolute Gasteiger partial charge is 0.392 e. The molecule has 2 N–H and O–H groups in total. The number of aliphatic hydroxyl groups excluding tert-OH is 1. The fraction of sp³-hybridized carbons (Fsp3) is 0.444. The van der Waals surface area contributed by atoms with Crippen LogP contribution in [-0.2, 0) is 4.79 Å². The van der Waals surface area contributed by atoms with Gasteiger partial charge in [-0.2, -0.15) is 0 Å². The van der Waals surface area contributed by atoms with Crippen LogP contribution < -0.4 is 5.32 Å². The summed E-state index contributed by atoms with van der Waals surface area (Å²) in [6.45, 7) is 1.97. The van der Waals surface area contributed by atoms with Gasteiger partial charge in [0.25, 0.3) is 0 Å². The average Bonchev–Trinajstić information content (AvgIpc) is 2.63. The van der Waals surface area contributed by atoms with Crippen LogP contribution in [0.3, 0.4) is 0 Å². The minimum absolute atomic E-state index is 0.0377. The fourth-order valence-electron chi connectivity index (χ4n) is 0.795. The standard InChI is InChI=1S/C9H13NO2S2/c1-7(11)5-10-8(12)6-14-9-3-2-4-13-9/h2-4,7,11H,5-6H2,1H3,(H,10,12). The summed E-state index contributed by atoms with van der Waals surface area (Å²) in [5.41, 5.74) is 0. The van der Waals surface area contributed by atoms with E-state index in [9.17, 15) is 4.79 Å². The Balaban J connectivity index is 2.15. The van der Waals surface area contributed by atoms with Crippen molar-refractivity contribution in [1.82, 2.24) is 5.32 Å². The number of thioether (sulfide) groups is 1. The number of nitrogens with one attached hydrogen (secondary N) is 1. The molecule has 0 aromatic carbocycles. The average molecular weight is 231 g/mol. The zero-order valence-electron chi connectivity index (χ0n) is 7.90. The van der Waals surface area contributed by atoms with E-state index in [0.29, 0.717) is 12.3 Å². The molecule has 78 valence electrons. The molecule has 0 saturated heterocycles. The molecule has 1 amide bonds. The van der Waals surface area contributed by atoms with Crippen molar-refractivity contribution in [1.29, 1.82) is 0 Å². The summed E-state index contributed by atoms with van der Waals surface area (Å²) in [7, 11) is 0. The maximum absolute atomic E-state index is 11.2. The van der Waals surface area contributed by atoms with E-state index in [0.717, 1.165) is 4.21 Å². The van der Waals surface area contributed by atoms with Crippen molar-refractivity contribution >= 4 is 29.0 Å². The van der Waals surface area contributed by atoms with Crippen molar-refractivity contribution in [2.45, 2.75) is 17.2 Å². The van der Waals surface area contributed by atoms with E-state index in [-0.39, 0.29) is 5.91 Å². The summed E-state index contributed by atoms with van der Waals surface area (Å²) < 4.78 is 1.14. The number of carbonyl (C=O) groups is 1. The van der Waals surface area contributed by atoms with Gasteiger partial charge in [-0.3, -0.25) is 4.79 Å². The maximum Gasteiger partial charge on any atom is 0.230 e. The third-order valence-electron chi connectivity index (χ3n) is 1.44. The van der Waals surface area contributed by atoms with Gasteiger partial charge in [-0.05, 0) is 18.4 Å². The first-order chi connectivity index (χ1) is 6.68. The van der Waals surface area contributed by atoms with Crippen LogP contribution in [0.1, 0.15) is 6.92 Å². The quantitative estimate of drug-likeness (QED) is 0.752. The number of thiophene rings is 1. The lowest BCUT2D eigenvalue weighted by Gasteiger charge is -2.05. The Morgan fingerprint density at radius 3 is 3.14 bits per heavy atom. The van der Waals surface area contributed by atoms with Crippen LogP contribution in [0.4, 0.5) is 0 Å². The molecular formula is C9H13NO2S2. The molecule has 1 aromatic rings. The second-order valence-electron chi connectivity index (χ2n) is 2.87. The van der Waals surface area contributed by atoms with Crippen molar-refractivity contribution in [3.05, 3.63) is 17.5 Å². The second kappa shape index (κ2) is 6.06. The van der Waals surface area contributed by atoms with Gasteiger partial charge in [-0.15, -0.1) is 23.1 Å². The van der Waals surface area contributed by atoms with Crippen LogP contribution >= 0.6 is 23.1 Å². The van der Waals surface area contributed by atoms with Crippen molar-refractivity contribution < 1.29 is 9.90 Å². The molecule has 0 aliphatic rings. The number of rotatable bonds is 5. The molecule has 0 aliphatic heterocycles. The van der Waals surface area contributed by atoms with Crippen LogP contribution in [0.25, 0.3) is 0 Å². The molecule has 1 atom stereocenters. The summed E-state index contributed by atoms with van der Waals surface area (Å²) in [4.78, 5) is 11.2. The number of carbonyl (C=O) groups excluding carboxylic acids is 1. The number of hydrogen-bond donors (Lipinski definition) is 2. The van der Waals surface area contributed by atoms with Crippen LogP contribution in [0.5, 0.6) is 0 Å². The lowest BCUT2D eigenvalue weighted by atomic mass is 10.4. The zero-order valence-corrected chi connectivity index (χ0v) is 9.53. The normalized spacial score (nSPS) is 12.4. The van der Waals surface area contributed by atoms with Crippen LogP contribution in [0.15, 0.2) is 21.7 Å². The van der Waals surface area contributed by atoms with Gasteiger partial charge in [0.2, 0.25) is 5.91 Å². The third kappa shape index (κ3) is 4.64. The Bertz CT molecular complexity index is 272. The van der Waals surface area contributed by atoms with Gasteiger partial charge >= 0.3 is 0 Å². The van der Waals surface area contributed by atoms with Crippen molar-refractivity contribution in [3.8, 4) is 0 Å². The molecule has 0 saturated carbocycles. The number of aliphatic hydroxyl groups is 1. The Labute approximate surface area is 91.5 Å². The highest BCUT2D eigenvalue weighted by molar-refractivity contribution is 8.01. The van der Waals surface area contributed by atoms with Crippen molar-refractivity contribution in [2.24, 2.45) is 0 Å². The van der Waals surface area contributed by atoms with E-state index in [1.807, 2.05) is 17.5 Å². The molecule has 0 spiro atoms. The van der Waals surface area contributed by atoms with Gasteiger partial charge in [0, 0.05) is 6.54 Å². The smallest absolute Gasteiger partial charge is 0.230 e. The molecule has 3 nitrogen and oxygen atoms in total. The van der Waals surface area contributed by atoms with Gasteiger partial charge in [0.05, 0.1) is 16.1 Å². The minimum Gasteiger partial charge on any atom is -0.392 e. The monoisotopic (exact) mass is 231 g/mol. The molecule has 5 heteroatoms. The maximum atomic E-state index is 11.2. The van der Waals surface area contributed by atoms with E-state index in [1.54, 1.807) is 18.3 Å². The minimum atomic E-state index is -0.481. The molecule has 1 unspecified atom stereocenters. The van der Waals surface area contributed by atoms with E-state index in [1.165, 1.54) is 11.8 Å². The highest BCUT2D eigenvalue weighted by atomic mass is 32.2. The van der Waals surface area contributed by atoms with Gasteiger partial charge in [-0.25, -0.2) is 0 Å².